The number of nitrogen functional groups attached to an aromatic ring is 1. The zero-order valence-electron chi connectivity index (χ0n) is 10.7. The molecule has 0 radical (unpaired) electrons. The van der Waals surface area contributed by atoms with Gasteiger partial charge in [-0.2, -0.15) is 0 Å². The topological polar surface area (TPSA) is 58.3 Å². The van der Waals surface area contributed by atoms with Gasteiger partial charge in [0.15, 0.2) is 0 Å². The van der Waals surface area contributed by atoms with E-state index < -0.39 is 11.9 Å². The quantitative estimate of drug-likeness (QED) is 0.741. The summed E-state index contributed by atoms with van der Waals surface area (Å²) in [5, 5.41) is 13.1. The number of rotatable bonds is 4. The van der Waals surface area contributed by atoms with Gasteiger partial charge in [0.25, 0.3) is 0 Å². The van der Waals surface area contributed by atoms with Crippen molar-refractivity contribution in [1.29, 1.82) is 0 Å². The Hall–Kier alpha value is -2.07. The van der Waals surface area contributed by atoms with E-state index in [9.17, 15) is 9.50 Å². The van der Waals surface area contributed by atoms with Crippen molar-refractivity contribution in [3.63, 3.8) is 0 Å². The highest BCUT2D eigenvalue weighted by molar-refractivity contribution is 5.46. The molecule has 0 saturated carbocycles. The number of hydrogen-bond acceptors (Lipinski definition) is 3. The lowest BCUT2D eigenvalue weighted by molar-refractivity contribution is 0.191. The van der Waals surface area contributed by atoms with Gasteiger partial charge in [-0.05, 0) is 36.8 Å². The molecule has 100 valence electrons. The number of nitrogens with two attached hydrogens (primary N) is 1. The molecule has 0 fully saturated rings. The van der Waals surface area contributed by atoms with E-state index in [2.05, 4.69) is 5.32 Å². The molecule has 0 amide bonds. The largest absolute Gasteiger partial charge is 0.396 e. The van der Waals surface area contributed by atoms with Gasteiger partial charge in [-0.15, -0.1) is 0 Å². The molecule has 1 unspecified atom stereocenters. The van der Waals surface area contributed by atoms with E-state index in [0.29, 0.717) is 12.1 Å². The van der Waals surface area contributed by atoms with E-state index >= 15 is 0 Å². The third-order valence-corrected chi connectivity index (χ3v) is 2.96. The van der Waals surface area contributed by atoms with Gasteiger partial charge >= 0.3 is 0 Å². The van der Waals surface area contributed by atoms with E-state index in [1.807, 2.05) is 31.2 Å². The van der Waals surface area contributed by atoms with Crippen molar-refractivity contribution in [1.82, 2.24) is 0 Å². The summed E-state index contributed by atoms with van der Waals surface area (Å²) < 4.78 is 13.0. The second-order valence-corrected chi connectivity index (χ2v) is 4.54. The number of aliphatic hydroxyl groups excluding tert-OH is 1. The predicted molar refractivity (Wildman–Crippen MR) is 75.4 cm³/mol. The third-order valence-electron chi connectivity index (χ3n) is 2.96. The molecule has 4 N–H and O–H groups in total. The summed E-state index contributed by atoms with van der Waals surface area (Å²) in [6, 6.07) is 12.1. The summed E-state index contributed by atoms with van der Waals surface area (Å²) in [6.45, 7) is 2.36. The Balaban J connectivity index is 1.98. The molecule has 3 nitrogen and oxygen atoms in total. The average Bonchev–Trinajstić information content (AvgIpc) is 2.41. The SMILES string of the molecule is Cc1ccc(NCC(O)c2ccc(F)c(N)c2)cc1. The maximum Gasteiger partial charge on any atom is 0.146 e. The van der Waals surface area contributed by atoms with Gasteiger partial charge in [0.05, 0.1) is 11.8 Å². The monoisotopic (exact) mass is 260 g/mol. The molecule has 4 heteroatoms. The Morgan fingerprint density at radius 3 is 2.53 bits per heavy atom. The van der Waals surface area contributed by atoms with Crippen LogP contribution >= 0.6 is 0 Å². The van der Waals surface area contributed by atoms with Crippen molar-refractivity contribution < 1.29 is 9.50 Å². The van der Waals surface area contributed by atoms with Gasteiger partial charge in [0, 0.05) is 12.2 Å². The first-order valence-electron chi connectivity index (χ1n) is 6.10. The lowest BCUT2D eigenvalue weighted by Crippen LogP contribution is -2.12. The van der Waals surface area contributed by atoms with Crippen LogP contribution in [0.5, 0.6) is 0 Å². The molecule has 0 aliphatic rings. The standard InChI is InChI=1S/C15H17FN2O/c1-10-2-5-12(6-3-10)18-9-15(19)11-4-7-13(16)14(17)8-11/h2-8,15,18-19H,9,17H2,1H3. The molecule has 0 bridgehead atoms. The minimum absolute atomic E-state index is 0.0480. The van der Waals surface area contributed by atoms with Gasteiger partial charge in [-0.3, -0.25) is 0 Å². The van der Waals surface area contributed by atoms with E-state index in [0.717, 1.165) is 5.69 Å². The first kappa shape index (κ1) is 13.4. The fourth-order valence-electron chi connectivity index (χ4n) is 1.77. The molecule has 0 heterocycles. The van der Waals surface area contributed by atoms with Gasteiger partial charge in [-0.1, -0.05) is 23.8 Å². The van der Waals surface area contributed by atoms with Gasteiger partial charge in [0.2, 0.25) is 0 Å². The predicted octanol–water partition coefficient (Wildman–Crippen LogP) is 2.86. The number of anilines is 2. The van der Waals surface area contributed by atoms with Gasteiger partial charge in [0.1, 0.15) is 5.82 Å². The summed E-state index contributed by atoms with van der Waals surface area (Å²) in [6.07, 6.45) is -0.732. The highest BCUT2D eigenvalue weighted by atomic mass is 19.1. The van der Waals surface area contributed by atoms with Crippen LogP contribution in [0.2, 0.25) is 0 Å². The molecular weight excluding hydrogens is 243 g/mol. The number of nitrogens with one attached hydrogen (secondary N) is 1. The highest BCUT2D eigenvalue weighted by Gasteiger charge is 2.09. The minimum Gasteiger partial charge on any atom is -0.396 e. The van der Waals surface area contributed by atoms with Crippen LogP contribution in [0.3, 0.4) is 0 Å². The molecule has 0 aromatic heterocycles. The van der Waals surface area contributed by atoms with Crippen LogP contribution in [0.25, 0.3) is 0 Å². The lowest BCUT2D eigenvalue weighted by Gasteiger charge is -2.14. The normalized spacial score (nSPS) is 12.2. The van der Waals surface area contributed by atoms with Gasteiger partial charge < -0.3 is 16.2 Å². The first-order valence-corrected chi connectivity index (χ1v) is 6.10. The Morgan fingerprint density at radius 2 is 1.89 bits per heavy atom. The zero-order chi connectivity index (χ0) is 13.8. The maximum atomic E-state index is 13.0. The molecule has 1 atom stereocenters. The van der Waals surface area contributed by atoms with Crippen LogP contribution in [0, 0.1) is 12.7 Å². The van der Waals surface area contributed by atoms with Crippen LogP contribution in [-0.2, 0) is 0 Å². The summed E-state index contributed by atoms with van der Waals surface area (Å²) in [5.74, 6) is -0.470. The lowest BCUT2D eigenvalue weighted by atomic mass is 10.1. The number of aliphatic hydroxyl groups is 1. The Morgan fingerprint density at radius 1 is 1.21 bits per heavy atom. The Bertz CT molecular complexity index is 555. The van der Waals surface area contributed by atoms with E-state index in [1.165, 1.54) is 23.8 Å². The van der Waals surface area contributed by atoms with Crippen LogP contribution in [-0.4, -0.2) is 11.7 Å². The highest BCUT2D eigenvalue weighted by Crippen LogP contribution is 2.19. The molecule has 2 aromatic carbocycles. The zero-order valence-corrected chi connectivity index (χ0v) is 10.7. The molecule has 19 heavy (non-hydrogen) atoms. The van der Waals surface area contributed by atoms with Crippen molar-refractivity contribution in [2.45, 2.75) is 13.0 Å². The number of halogens is 1. The summed E-state index contributed by atoms with van der Waals surface area (Å²) in [4.78, 5) is 0. The molecular formula is C15H17FN2O. The van der Waals surface area contributed by atoms with Crippen molar-refractivity contribution in [2.75, 3.05) is 17.6 Å². The number of benzene rings is 2. The fourth-order valence-corrected chi connectivity index (χ4v) is 1.77. The minimum atomic E-state index is -0.732. The van der Waals surface area contributed by atoms with Crippen molar-refractivity contribution in [3.8, 4) is 0 Å². The van der Waals surface area contributed by atoms with E-state index in [-0.39, 0.29) is 5.69 Å². The molecule has 0 saturated heterocycles. The Kier molecular flexibility index (Phi) is 4.02. The maximum absolute atomic E-state index is 13.0. The number of aryl methyl sites for hydroxylation is 1. The smallest absolute Gasteiger partial charge is 0.146 e. The molecule has 0 aliphatic heterocycles. The van der Waals surface area contributed by atoms with Crippen LogP contribution < -0.4 is 11.1 Å². The average molecular weight is 260 g/mol. The second kappa shape index (κ2) is 5.71. The third kappa shape index (κ3) is 3.45. The van der Waals surface area contributed by atoms with E-state index in [4.69, 9.17) is 5.73 Å². The second-order valence-electron chi connectivity index (χ2n) is 4.54. The van der Waals surface area contributed by atoms with E-state index in [1.54, 1.807) is 0 Å². The molecule has 2 aromatic rings. The van der Waals surface area contributed by atoms with Gasteiger partial charge in [-0.25, -0.2) is 4.39 Å². The van der Waals surface area contributed by atoms with Crippen LogP contribution in [0.15, 0.2) is 42.5 Å². The summed E-state index contributed by atoms with van der Waals surface area (Å²) in [5.41, 5.74) is 8.23. The van der Waals surface area contributed by atoms with Crippen LogP contribution in [0.4, 0.5) is 15.8 Å². The summed E-state index contributed by atoms with van der Waals surface area (Å²) in [7, 11) is 0. The molecule has 0 aliphatic carbocycles. The molecule has 0 spiro atoms. The number of hydrogen-bond donors (Lipinski definition) is 3. The van der Waals surface area contributed by atoms with Crippen LogP contribution in [0.1, 0.15) is 17.2 Å². The van der Waals surface area contributed by atoms with Crippen molar-refractivity contribution >= 4 is 11.4 Å². The fraction of sp³-hybridized carbons (Fsp3) is 0.200. The molecule has 2 rings (SSSR count). The first-order chi connectivity index (χ1) is 9.06. The Labute approximate surface area is 111 Å². The summed E-state index contributed by atoms with van der Waals surface area (Å²) >= 11 is 0. The van der Waals surface area contributed by atoms with Crippen molar-refractivity contribution in [3.05, 3.63) is 59.4 Å². The van der Waals surface area contributed by atoms with Crippen molar-refractivity contribution in [2.24, 2.45) is 0 Å².